The highest BCUT2D eigenvalue weighted by molar-refractivity contribution is 7.98. The van der Waals surface area contributed by atoms with E-state index < -0.39 is 0 Å². The van der Waals surface area contributed by atoms with E-state index in [1.54, 1.807) is 36.3 Å². The van der Waals surface area contributed by atoms with Gasteiger partial charge >= 0.3 is 0 Å². The molecule has 7 heteroatoms. The highest BCUT2D eigenvalue weighted by Gasteiger charge is 2.13. The van der Waals surface area contributed by atoms with Gasteiger partial charge in [-0.3, -0.25) is 9.78 Å². The molecule has 0 unspecified atom stereocenters. The Bertz CT molecular complexity index is 1210. The fourth-order valence-electron chi connectivity index (χ4n) is 3.29. The first-order valence-electron chi connectivity index (χ1n) is 10.6. The van der Waals surface area contributed by atoms with Crippen LogP contribution in [0.1, 0.15) is 41.8 Å². The fraction of sp³-hybridized carbons (Fsp3) is 0.240. The van der Waals surface area contributed by atoms with Gasteiger partial charge < -0.3 is 9.88 Å². The average molecular weight is 449 g/mol. The fourth-order valence-corrected chi connectivity index (χ4v) is 4.26. The molecule has 4 aromatic rings. The lowest BCUT2D eigenvalue weighted by Gasteiger charge is -2.12. The molecular weight excluding hydrogens is 423 g/mol. The van der Waals surface area contributed by atoms with Crippen LogP contribution < -0.4 is 5.32 Å². The smallest absolute Gasteiger partial charge is 0.251 e. The van der Waals surface area contributed by atoms with Gasteiger partial charge in [-0.1, -0.05) is 43.0 Å². The molecule has 0 spiro atoms. The number of carbonyl (C=O) groups excluding carboxylic acids is 1. The first kappa shape index (κ1) is 22.0. The number of nitrogens with one attached hydrogen (secondary N) is 1. The van der Waals surface area contributed by atoms with Crippen LogP contribution in [0.2, 0.25) is 0 Å². The Morgan fingerprint density at radius 1 is 1.09 bits per heavy atom. The normalized spacial score (nSPS) is 12.1. The van der Waals surface area contributed by atoms with Gasteiger partial charge in [0.1, 0.15) is 5.82 Å². The number of fused-ring (bicyclic) bond motifs is 1. The number of nitrogens with zero attached hydrogens (tertiary/aromatic N) is 3. The van der Waals surface area contributed by atoms with E-state index in [-0.39, 0.29) is 17.8 Å². The number of pyridine rings is 1. The Balaban J connectivity index is 1.50. The van der Waals surface area contributed by atoms with Crippen LogP contribution in [-0.2, 0) is 12.3 Å². The predicted octanol–water partition coefficient (Wildman–Crippen LogP) is 5.44. The van der Waals surface area contributed by atoms with Crippen LogP contribution in [-0.4, -0.2) is 26.5 Å². The van der Waals surface area contributed by atoms with E-state index in [0.29, 0.717) is 17.9 Å². The number of hydrogen-bond donors (Lipinski definition) is 1. The molecule has 1 N–H and O–H groups in total. The first-order valence-corrected chi connectivity index (χ1v) is 11.6. The van der Waals surface area contributed by atoms with Gasteiger partial charge in [-0.15, -0.1) is 0 Å². The standard InChI is InChI=1S/C25H25FN4OS/c1-3-17(2)28-24(31)20-8-4-19(5-9-20)16-32-25-29-22-12-13-27-14-23(22)30(25)15-18-6-10-21(26)11-7-18/h4-14,17H,3,15-16H2,1-2H3,(H,28,31)/t17-/m0/s1. The second-order valence-corrected chi connectivity index (χ2v) is 8.68. The summed E-state index contributed by atoms with van der Waals surface area (Å²) in [7, 11) is 0. The van der Waals surface area contributed by atoms with Crippen molar-refractivity contribution in [1.82, 2.24) is 19.9 Å². The number of carbonyl (C=O) groups is 1. The quantitative estimate of drug-likeness (QED) is 0.365. The molecule has 0 fully saturated rings. The van der Waals surface area contributed by atoms with Gasteiger partial charge in [0, 0.05) is 23.6 Å². The first-order chi connectivity index (χ1) is 15.5. The number of hydrogen-bond acceptors (Lipinski definition) is 4. The highest BCUT2D eigenvalue weighted by Crippen LogP contribution is 2.27. The zero-order valence-corrected chi connectivity index (χ0v) is 18.9. The number of halogens is 1. The topological polar surface area (TPSA) is 59.8 Å². The van der Waals surface area contributed by atoms with Crippen molar-refractivity contribution in [3.63, 3.8) is 0 Å². The Labute approximate surface area is 191 Å². The minimum absolute atomic E-state index is 0.0489. The third-order valence-corrected chi connectivity index (χ3v) is 6.39. The molecule has 0 radical (unpaired) electrons. The largest absolute Gasteiger partial charge is 0.350 e. The zero-order chi connectivity index (χ0) is 22.5. The molecule has 0 saturated heterocycles. The average Bonchev–Trinajstić information content (AvgIpc) is 3.16. The summed E-state index contributed by atoms with van der Waals surface area (Å²) in [5, 5.41) is 3.86. The molecule has 2 aromatic heterocycles. The van der Waals surface area contributed by atoms with Crippen LogP contribution in [0, 0.1) is 5.82 Å². The van der Waals surface area contributed by atoms with Gasteiger partial charge in [0.2, 0.25) is 0 Å². The van der Waals surface area contributed by atoms with Crippen molar-refractivity contribution in [3.05, 3.63) is 89.5 Å². The van der Waals surface area contributed by atoms with E-state index in [1.807, 2.05) is 44.2 Å². The molecule has 2 heterocycles. The van der Waals surface area contributed by atoms with Crippen LogP contribution in [0.25, 0.3) is 11.0 Å². The van der Waals surface area contributed by atoms with Crippen molar-refractivity contribution in [2.45, 2.75) is 43.8 Å². The molecule has 0 saturated carbocycles. The molecule has 1 atom stereocenters. The van der Waals surface area contributed by atoms with E-state index >= 15 is 0 Å². The predicted molar refractivity (Wildman–Crippen MR) is 126 cm³/mol. The number of rotatable bonds is 8. The number of benzene rings is 2. The van der Waals surface area contributed by atoms with Crippen LogP contribution in [0.4, 0.5) is 4.39 Å². The summed E-state index contributed by atoms with van der Waals surface area (Å²) in [6.07, 6.45) is 4.44. The van der Waals surface area contributed by atoms with Gasteiger partial charge in [-0.2, -0.15) is 0 Å². The van der Waals surface area contributed by atoms with Gasteiger partial charge in [0.05, 0.1) is 23.8 Å². The van der Waals surface area contributed by atoms with E-state index in [0.717, 1.165) is 33.7 Å². The summed E-state index contributed by atoms with van der Waals surface area (Å²) in [5.41, 5.74) is 4.58. The monoisotopic (exact) mass is 448 g/mol. The van der Waals surface area contributed by atoms with Crippen molar-refractivity contribution >= 4 is 28.7 Å². The summed E-state index contributed by atoms with van der Waals surface area (Å²) in [4.78, 5) is 21.3. The number of amides is 1. The molecule has 2 aromatic carbocycles. The van der Waals surface area contributed by atoms with Crippen LogP contribution in [0.15, 0.2) is 72.1 Å². The van der Waals surface area contributed by atoms with Crippen molar-refractivity contribution in [1.29, 1.82) is 0 Å². The molecule has 5 nitrogen and oxygen atoms in total. The van der Waals surface area contributed by atoms with E-state index in [4.69, 9.17) is 4.98 Å². The summed E-state index contributed by atoms with van der Waals surface area (Å²) in [6.45, 7) is 4.63. The van der Waals surface area contributed by atoms with Crippen LogP contribution in [0.3, 0.4) is 0 Å². The SMILES string of the molecule is CC[C@H](C)NC(=O)c1ccc(CSc2nc3ccncc3n2Cc2ccc(F)cc2)cc1. The maximum atomic E-state index is 13.3. The number of imidazole rings is 1. The third-order valence-electron chi connectivity index (χ3n) is 5.34. The Morgan fingerprint density at radius 3 is 2.53 bits per heavy atom. The third kappa shape index (κ3) is 5.16. The van der Waals surface area contributed by atoms with Crippen molar-refractivity contribution in [2.24, 2.45) is 0 Å². The molecule has 0 aliphatic heterocycles. The molecule has 4 rings (SSSR count). The summed E-state index contributed by atoms with van der Waals surface area (Å²) >= 11 is 1.63. The van der Waals surface area contributed by atoms with Gasteiger partial charge in [0.15, 0.2) is 5.16 Å². The van der Waals surface area contributed by atoms with Crippen molar-refractivity contribution < 1.29 is 9.18 Å². The lowest BCUT2D eigenvalue weighted by atomic mass is 10.1. The van der Waals surface area contributed by atoms with Crippen molar-refractivity contribution in [2.75, 3.05) is 0 Å². The maximum absolute atomic E-state index is 13.3. The lowest BCUT2D eigenvalue weighted by molar-refractivity contribution is 0.0939. The van der Waals surface area contributed by atoms with E-state index in [1.165, 1.54) is 12.1 Å². The van der Waals surface area contributed by atoms with Crippen LogP contribution >= 0.6 is 11.8 Å². The molecule has 0 bridgehead atoms. The number of thioether (sulfide) groups is 1. The van der Waals surface area contributed by atoms with Crippen molar-refractivity contribution in [3.8, 4) is 0 Å². The highest BCUT2D eigenvalue weighted by atomic mass is 32.2. The molecule has 164 valence electrons. The molecule has 1 amide bonds. The zero-order valence-electron chi connectivity index (χ0n) is 18.1. The van der Waals surface area contributed by atoms with Gasteiger partial charge in [-0.05, 0) is 54.8 Å². The summed E-state index contributed by atoms with van der Waals surface area (Å²) in [5.74, 6) is 0.418. The molecule has 0 aliphatic rings. The Morgan fingerprint density at radius 2 is 1.81 bits per heavy atom. The second-order valence-electron chi connectivity index (χ2n) is 7.74. The summed E-state index contributed by atoms with van der Waals surface area (Å²) < 4.78 is 15.4. The Kier molecular flexibility index (Phi) is 6.85. The van der Waals surface area contributed by atoms with E-state index in [2.05, 4.69) is 14.9 Å². The minimum atomic E-state index is -0.248. The molecule has 32 heavy (non-hydrogen) atoms. The minimum Gasteiger partial charge on any atom is -0.350 e. The van der Waals surface area contributed by atoms with Crippen LogP contribution in [0.5, 0.6) is 0 Å². The second kappa shape index (κ2) is 9.96. The molecular formula is C25H25FN4OS. The number of aromatic nitrogens is 3. The molecule has 0 aliphatic carbocycles. The van der Waals surface area contributed by atoms with E-state index in [9.17, 15) is 9.18 Å². The lowest BCUT2D eigenvalue weighted by Crippen LogP contribution is -2.31. The van der Waals surface area contributed by atoms with Gasteiger partial charge in [-0.25, -0.2) is 9.37 Å². The van der Waals surface area contributed by atoms with Gasteiger partial charge in [0.25, 0.3) is 5.91 Å². The Hall–Kier alpha value is -3.19. The summed E-state index contributed by atoms with van der Waals surface area (Å²) in [6, 6.07) is 16.2. The maximum Gasteiger partial charge on any atom is 0.251 e.